The van der Waals surface area contributed by atoms with Crippen LogP contribution in [0.4, 0.5) is 5.69 Å². The number of oxazole rings is 1. The van der Waals surface area contributed by atoms with Crippen LogP contribution in [0.1, 0.15) is 5.56 Å². The van der Waals surface area contributed by atoms with Crippen LogP contribution in [0.15, 0.2) is 176 Å². The van der Waals surface area contributed by atoms with Crippen LogP contribution in [0.3, 0.4) is 0 Å². The molecule has 0 saturated carbocycles. The third-order valence-corrected chi connectivity index (χ3v) is 10.3. The Balaban J connectivity index is 1.13. The van der Waals surface area contributed by atoms with E-state index >= 15 is 0 Å². The molecule has 0 saturated heterocycles. The number of benzene rings is 6. The third kappa shape index (κ3) is 5.34. The van der Waals surface area contributed by atoms with Gasteiger partial charge in [0.15, 0.2) is 16.8 Å². The van der Waals surface area contributed by atoms with Crippen molar-refractivity contribution in [1.82, 2.24) is 15.3 Å². The molecular formula is C45H28N8O4. The number of allylic oxidation sites excluding steroid dienone is 8. The van der Waals surface area contributed by atoms with Crippen LogP contribution in [0.5, 0.6) is 0 Å². The molecule has 0 spiro atoms. The van der Waals surface area contributed by atoms with Gasteiger partial charge in [-0.1, -0.05) is 89.2 Å². The molecule has 12 nitrogen and oxygen atoms in total. The summed E-state index contributed by atoms with van der Waals surface area (Å²) in [7, 11) is 0. The smallest absolute Gasteiger partial charge is 0.227 e. The highest BCUT2D eigenvalue weighted by Crippen LogP contribution is 2.41. The van der Waals surface area contributed by atoms with E-state index in [-0.39, 0.29) is 34.2 Å². The first-order valence-electron chi connectivity index (χ1n) is 17.9. The Bertz CT molecular complexity index is 3110. The predicted molar refractivity (Wildman–Crippen MR) is 221 cm³/mol. The zero-order chi connectivity index (χ0) is 38.6. The maximum atomic E-state index is 10.7. The van der Waals surface area contributed by atoms with E-state index in [0.717, 1.165) is 49.3 Å². The van der Waals surface area contributed by atoms with Crippen LogP contribution in [0.25, 0.3) is 71.8 Å². The van der Waals surface area contributed by atoms with E-state index in [2.05, 4.69) is 31.7 Å². The van der Waals surface area contributed by atoms with Gasteiger partial charge in [0.05, 0.1) is 22.8 Å². The fourth-order valence-corrected chi connectivity index (χ4v) is 7.62. The molecule has 4 N–H and O–H groups in total. The molecule has 0 unspecified atom stereocenters. The fraction of sp³-hybridized carbons (Fsp3) is 0. The summed E-state index contributed by atoms with van der Waals surface area (Å²) in [5, 5.41) is 58.8. The fourth-order valence-electron chi connectivity index (χ4n) is 7.62. The molecule has 0 radical (unpaired) electrons. The number of anilines is 1. The highest BCUT2D eigenvalue weighted by Gasteiger charge is 2.34. The Morgan fingerprint density at radius 3 is 2.09 bits per heavy atom. The molecule has 12 heteroatoms. The standard InChI is InChI=1S/C45H28N8O4/c46-40-32(39-29-10-3-1-8-27(29)24-28-9-2-4-11-30(28)39)21-23-36(43(40)50-55)53(35-14-7-13-34(49-54)41(35)47)37-22-20-31(42-44(37)52-57-51-42)25-16-18-26(19-17-25)45-48-33-12-5-6-15-38(33)56-45/h1-24,46-47,54-55H/b46-40?,47-41?,49-34-,50-43-. The monoisotopic (exact) mass is 744 g/mol. The molecule has 2 aromatic heterocycles. The van der Waals surface area contributed by atoms with Crippen LogP contribution >= 0.6 is 0 Å². The van der Waals surface area contributed by atoms with E-state index in [0.29, 0.717) is 33.8 Å². The first kappa shape index (κ1) is 33.3. The summed E-state index contributed by atoms with van der Waals surface area (Å²) in [6.45, 7) is 0. The summed E-state index contributed by atoms with van der Waals surface area (Å²) < 4.78 is 11.3. The number of nitrogens with one attached hydrogen (secondary N) is 2. The number of aromatic nitrogens is 3. The van der Waals surface area contributed by atoms with Gasteiger partial charge >= 0.3 is 0 Å². The number of hydrogen-bond donors (Lipinski definition) is 4. The summed E-state index contributed by atoms with van der Waals surface area (Å²) in [5.41, 5.74) is 6.68. The molecule has 8 aromatic rings. The van der Waals surface area contributed by atoms with Gasteiger partial charge in [-0.2, -0.15) is 0 Å². The van der Waals surface area contributed by atoms with Crippen molar-refractivity contribution in [3.63, 3.8) is 0 Å². The Labute approximate surface area is 323 Å². The first-order chi connectivity index (χ1) is 28.0. The molecule has 10 rings (SSSR count). The van der Waals surface area contributed by atoms with Crippen LogP contribution in [-0.2, 0) is 0 Å². The van der Waals surface area contributed by atoms with Gasteiger partial charge in [-0.25, -0.2) is 9.61 Å². The molecular weight excluding hydrogens is 717 g/mol. The van der Waals surface area contributed by atoms with Gasteiger partial charge in [-0.05, 0) is 110 Å². The van der Waals surface area contributed by atoms with Crippen molar-refractivity contribution in [2.24, 2.45) is 10.3 Å². The molecule has 2 aliphatic carbocycles. The van der Waals surface area contributed by atoms with Gasteiger partial charge in [-0.3, -0.25) is 10.8 Å². The van der Waals surface area contributed by atoms with Crippen LogP contribution in [-0.4, -0.2) is 48.6 Å². The van der Waals surface area contributed by atoms with E-state index in [9.17, 15) is 15.8 Å². The average molecular weight is 745 g/mol. The Morgan fingerprint density at radius 1 is 0.649 bits per heavy atom. The molecule has 272 valence electrons. The van der Waals surface area contributed by atoms with Gasteiger partial charge in [-0.15, -0.1) is 0 Å². The number of nitrogens with zero attached hydrogens (tertiary/aromatic N) is 6. The number of para-hydroxylation sites is 2. The first-order valence-corrected chi connectivity index (χ1v) is 17.9. The van der Waals surface area contributed by atoms with Crippen molar-refractivity contribution in [3.05, 3.63) is 163 Å². The Kier molecular flexibility index (Phi) is 7.75. The molecule has 0 amide bonds. The molecule has 6 aromatic carbocycles. The van der Waals surface area contributed by atoms with Crippen molar-refractivity contribution in [3.8, 4) is 22.6 Å². The second-order valence-electron chi connectivity index (χ2n) is 13.4. The minimum absolute atomic E-state index is 0.00936. The summed E-state index contributed by atoms with van der Waals surface area (Å²) in [5.74, 6) is 0.503. The van der Waals surface area contributed by atoms with Gasteiger partial charge in [0.2, 0.25) is 5.89 Å². The molecule has 0 atom stereocenters. The third-order valence-electron chi connectivity index (χ3n) is 10.3. The summed E-state index contributed by atoms with van der Waals surface area (Å²) in [4.78, 5) is 6.26. The molecule has 57 heavy (non-hydrogen) atoms. The lowest BCUT2D eigenvalue weighted by atomic mass is 9.85. The van der Waals surface area contributed by atoms with Crippen LogP contribution < -0.4 is 4.90 Å². The highest BCUT2D eigenvalue weighted by molar-refractivity contribution is 6.63. The second kappa shape index (κ2) is 13.2. The summed E-state index contributed by atoms with van der Waals surface area (Å²) >= 11 is 0. The molecule has 2 heterocycles. The minimum Gasteiger partial charge on any atom is -0.436 e. The second-order valence-corrected chi connectivity index (χ2v) is 13.4. The van der Waals surface area contributed by atoms with E-state index in [1.54, 1.807) is 29.2 Å². The lowest BCUT2D eigenvalue weighted by Crippen LogP contribution is -2.37. The Morgan fingerprint density at radius 2 is 1.35 bits per heavy atom. The van der Waals surface area contributed by atoms with E-state index in [1.807, 2.05) is 109 Å². The van der Waals surface area contributed by atoms with Crippen molar-refractivity contribution in [1.29, 1.82) is 10.8 Å². The van der Waals surface area contributed by atoms with Crippen LogP contribution in [0, 0.1) is 10.8 Å². The number of fused-ring (bicyclic) bond motifs is 4. The van der Waals surface area contributed by atoms with E-state index in [4.69, 9.17) is 14.5 Å². The maximum Gasteiger partial charge on any atom is 0.227 e. The molecule has 2 aliphatic rings. The van der Waals surface area contributed by atoms with Crippen molar-refractivity contribution in [2.45, 2.75) is 0 Å². The number of hydrogen-bond acceptors (Lipinski definition) is 12. The molecule has 0 bridgehead atoms. The quantitative estimate of drug-likeness (QED) is 0.0562. The highest BCUT2D eigenvalue weighted by atomic mass is 16.6. The van der Waals surface area contributed by atoms with Crippen LogP contribution in [0.2, 0.25) is 0 Å². The zero-order valence-electron chi connectivity index (χ0n) is 29.8. The van der Waals surface area contributed by atoms with E-state index < -0.39 is 0 Å². The van der Waals surface area contributed by atoms with E-state index in [1.165, 1.54) is 6.08 Å². The minimum atomic E-state index is -0.122. The van der Waals surface area contributed by atoms with Gasteiger partial charge < -0.3 is 19.7 Å². The maximum absolute atomic E-state index is 10.7. The van der Waals surface area contributed by atoms with Gasteiger partial charge in [0.1, 0.15) is 22.5 Å². The molecule has 0 aliphatic heterocycles. The van der Waals surface area contributed by atoms with Crippen molar-refractivity contribution >= 4 is 77.8 Å². The number of oxime groups is 2. The summed E-state index contributed by atoms with van der Waals surface area (Å²) in [6, 6.07) is 37.0. The van der Waals surface area contributed by atoms with Crippen molar-refractivity contribution < 1.29 is 19.5 Å². The normalized spacial score (nSPS) is 15.9. The SMILES string of the molecule is N=C1C(N(C2=CC=C(c3c4ccccc4cc4ccccc34)C(=N)/C2=N\O)c2ccc(-c3ccc(-c4nc5ccccc5o4)cc3)c3nonc23)=CC=C/C1=N/O. The zero-order valence-corrected chi connectivity index (χ0v) is 29.8. The Hall–Kier alpha value is -8.25. The molecule has 0 fully saturated rings. The van der Waals surface area contributed by atoms with Crippen molar-refractivity contribution in [2.75, 3.05) is 4.90 Å². The van der Waals surface area contributed by atoms with Gasteiger partial charge in [0.25, 0.3) is 0 Å². The topological polar surface area (TPSA) is 181 Å². The lowest BCUT2D eigenvalue weighted by Gasteiger charge is -2.33. The number of rotatable bonds is 6. The average Bonchev–Trinajstić information content (AvgIpc) is 3.93. The predicted octanol–water partition coefficient (Wildman–Crippen LogP) is 9.95. The largest absolute Gasteiger partial charge is 0.436 e. The summed E-state index contributed by atoms with van der Waals surface area (Å²) in [6.07, 6.45) is 8.40. The van der Waals surface area contributed by atoms with Gasteiger partial charge in [0, 0.05) is 16.7 Å². The lowest BCUT2D eigenvalue weighted by molar-refractivity contribution is 0.315.